The zero-order valence-electron chi connectivity index (χ0n) is 12.7. The number of ether oxygens (including phenoxy) is 2. The van der Waals surface area contributed by atoms with Gasteiger partial charge in [0.05, 0.1) is 20.3 Å². The van der Waals surface area contributed by atoms with Crippen LogP contribution in [0, 0.1) is 0 Å². The van der Waals surface area contributed by atoms with Gasteiger partial charge in [0.15, 0.2) is 11.6 Å². The third kappa shape index (κ3) is 3.22. The molecule has 0 unspecified atom stereocenters. The number of rotatable bonds is 5. The molecule has 0 aromatic heterocycles. The summed E-state index contributed by atoms with van der Waals surface area (Å²) in [6.07, 6.45) is 1.37. The molecule has 0 amide bonds. The second-order valence-electron chi connectivity index (χ2n) is 5.25. The molecular formula is C19H16O4. The molecule has 0 saturated carbocycles. The second kappa shape index (κ2) is 6.58. The van der Waals surface area contributed by atoms with Crippen molar-refractivity contribution in [2.75, 3.05) is 13.7 Å². The van der Waals surface area contributed by atoms with Gasteiger partial charge in [0.1, 0.15) is 5.75 Å². The van der Waals surface area contributed by atoms with E-state index in [1.165, 1.54) is 6.08 Å². The van der Waals surface area contributed by atoms with Crippen LogP contribution in [0.1, 0.15) is 26.3 Å². The predicted molar refractivity (Wildman–Crippen MR) is 85.8 cm³/mol. The predicted octanol–water partition coefficient (Wildman–Crippen LogP) is 3.22. The summed E-state index contributed by atoms with van der Waals surface area (Å²) in [5, 5.41) is 0. The van der Waals surface area contributed by atoms with E-state index in [0.717, 1.165) is 11.3 Å². The average Bonchev–Trinajstić information content (AvgIpc) is 2.60. The normalized spacial score (nSPS) is 13.5. The van der Waals surface area contributed by atoms with Crippen LogP contribution in [0.3, 0.4) is 0 Å². The number of benzene rings is 2. The van der Waals surface area contributed by atoms with Crippen molar-refractivity contribution in [2.45, 2.75) is 6.61 Å². The summed E-state index contributed by atoms with van der Waals surface area (Å²) < 4.78 is 10.7. The molecule has 2 aromatic carbocycles. The molecule has 4 nitrogen and oxygen atoms in total. The van der Waals surface area contributed by atoms with Gasteiger partial charge in [-0.1, -0.05) is 36.4 Å². The molecule has 3 rings (SSSR count). The molecule has 0 radical (unpaired) electrons. The molecule has 23 heavy (non-hydrogen) atoms. The molecule has 2 aromatic rings. The van der Waals surface area contributed by atoms with Crippen molar-refractivity contribution in [1.29, 1.82) is 0 Å². The minimum atomic E-state index is -0.150. The molecule has 0 bridgehead atoms. The molecular weight excluding hydrogens is 292 g/mol. The van der Waals surface area contributed by atoms with Gasteiger partial charge in [-0.2, -0.15) is 0 Å². The lowest BCUT2D eigenvalue weighted by Crippen LogP contribution is -2.19. The van der Waals surface area contributed by atoms with Crippen LogP contribution in [0.25, 0.3) is 0 Å². The molecule has 0 spiro atoms. The van der Waals surface area contributed by atoms with Crippen LogP contribution in [-0.2, 0) is 11.3 Å². The third-order valence-corrected chi connectivity index (χ3v) is 3.72. The Morgan fingerprint density at radius 3 is 2.26 bits per heavy atom. The molecule has 0 N–H and O–H groups in total. The smallest absolute Gasteiger partial charge is 0.192 e. The number of carbonyl (C=O) groups is 2. The van der Waals surface area contributed by atoms with E-state index in [-0.39, 0.29) is 18.2 Å². The van der Waals surface area contributed by atoms with Crippen LogP contribution in [0.5, 0.6) is 5.75 Å². The van der Waals surface area contributed by atoms with E-state index in [1.807, 2.05) is 24.3 Å². The Labute approximate surface area is 134 Å². The van der Waals surface area contributed by atoms with Crippen LogP contribution in [0.2, 0.25) is 0 Å². The lowest BCUT2D eigenvalue weighted by molar-refractivity contribution is 0.0933. The standard InChI is InChI=1S/C19H16O4/c1-22-15-8-6-13(7-9-15)11-23-12-14-10-18(20)16-4-2-3-5-17(16)19(14)21/h2-10H,11-12H2,1H3. The van der Waals surface area contributed by atoms with E-state index in [9.17, 15) is 9.59 Å². The number of hydrogen-bond acceptors (Lipinski definition) is 4. The van der Waals surface area contributed by atoms with E-state index in [2.05, 4.69) is 0 Å². The number of carbonyl (C=O) groups excluding carboxylic acids is 2. The first-order chi connectivity index (χ1) is 11.2. The Hall–Kier alpha value is -2.72. The number of Topliss-reactive ketones (excluding diaryl/α,β-unsaturated/α-hetero) is 1. The van der Waals surface area contributed by atoms with Crippen molar-refractivity contribution in [1.82, 2.24) is 0 Å². The molecule has 116 valence electrons. The van der Waals surface area contributed by atoms with Crippen molar-refractivity contribution in [3.63, 3.8) is 0 Å². The van der Waals surface area contributed by atoms with Gasteiger partial charge in [-0.3, -0.25) is 9.59 Å². The maximum Gasteiger partial charge on any atom is 0.192 e. The molecule has 1 aliphatic carbocycles. The topological polar surface area (TPSA) is 52.6 Å². The summed E-state index contributed by atoms with van der Waals surface area (Å²) in [4.78, 5) is 24.4. The fourth-order valence-electron chi connectivity index (χ4n) is 2.48. The average molecular weight is 308 g/mol. The summed E-state index contributed by atoms with van der Waals surface area (Å²) in [7, 11) is 1.61. The van der Waals surface area contributed by atoms with Crippen molar-refractivity contribution >= 4 is 11.6 Å². The lowest BCUT2D eigenvalue weighted by Gasteiger charge is -2.15. The third-order valence-electron chi connectivity index (χ3n) is 3.72. The van der Waals surface area contributed by atoms with Gasteiger partial charge in [-0.05, 0) is 23.8 Å². The van der Waals surface area contributed by atoms with E-state index in [4.69, 9.17) is 9.47 Å². The quantitative estimate of drug-likeness (QED) is 0.851. The summed E-state index contributed by atoms with van der Waals surface area (Å²) in [5.41, 5.74) is 2.27. The minimum Gasteiger partial charge on any atom is -0.497 e. The molecule has 0 heterocycles. The SMILES string of the molecule is COc1ccc(COCC2=CC(=O)c3ccccc3C2=O)cc1. The van der Waals surface area contributed by atoms with Gasteiger partial charge in [-0.15, -0.1) is 0 Å². The van der Waals surface area contributed by atoms with E-state index < -0.39 is 0 Å². The zero-order valence-corrected chi connectivity index (χ0v) is 12.7. The molecule has 0 atom stereocenters. The lowest BCUT2D eigenvalue weighted by atomic mass is 9.90. The van der Waals surface area contributed by atoms with Gasteiger partial charge in [0.25, 0.3) is 0 Å². The van der Waals surface area contributed by atoms with Crippen LogP contribution in [-0.4, -0.2) is 25.3 Å². The maximum atomic E-state index is 12.4. The molecule has 4 heteroatoms. The number of methoxy groups -OCH3 is 1. The summed E-state index contributed by atoms with van der Waals surface area (Å²) in [6, 6.07) is 14.3. The van der Waals surface area contributed by atoms with Crippen molar-refractivity contribution in [2.24, 2.45) is 0 Å². The molecule has 0 fully saturated rings. The van der Waals surface area contributed by atoms with Gasteiger partial charge in [-0.25, -0.2) is 0 Å². The Bertz CT molecular complexity index is 772. The summed E-state index contributed by atoms with van der Waals surface area (Å²) in [5.74, 6) is 0.485. The van der Waals surface area contributed by atoms with Crippen LogP contribution in [0.15, 0.2) is 60.2 Å². The highest BCUT2D eigenvalue weighted by Gasteiger charge is 2.24. The van der Waals surface area contributed by atoms with Crippen molar-refractivity contribution in [3.8, 4) is 5.75 Å². The largest absolute Gasteiger partial charge is 0.497 e. The highest BCUT2D eigenvalue weighted by Crippen LogP contribution is 2.21. The van der Waals surface area contributed by atoms with Crippen molar-refractivity contribution < 1.29 is 19.1 Å². The molecule has 0 aliphatic heterocycles. The van der Waals surface area contributed by atoms with Gasteiger partial charge in [0, 0.05) is 16.7 Å². The second-order valence-corrected chi connectivity index (χ2v) is 5.25. The number of ketones is 2. The van der Waals surface area contributed by atoms with Gasteiger partial charge >= 0.3 is 0 Å². The fourth-order valence-corrected chi connectivity index (χ4v) is 2.48. The monoisotopic (exact) mass is 308 g/mol. The minimum absolute atomic E-state index is 0.116. The fraction of sp³-hybridized carbons (Fsp3) is 0.158. The maximum absolute atomic E-state index is 12.4. The van der Waals surface area contributed by atoms with Gasteiger partial charge < -0.3 is 9.47 Å². The zero-order chi connectivity index (χ0) is 16.2. The summed E-state index contributed by atoms with van der Waals surface area (Å²) >= 11 is 0. The Kier molecular flexibility index (Phi) is 4.35. The number of allylic oxidation sites excluding steroid dienone is 1. The van der Waals surface area contributed by atoms with Crippen LogP contribution < -0.4 is 4.74 Å². The van der Waals surface area contributed by atoms with E-state index in [0.29, 0.717) is 23.3 Å². The van der Waals surface area contributed by atoms with Crippen LogP contribution in [0.4, 0.5) is 0 Å². The Morgan fingerprint density at radius 1 is 0.870 bits per heavy atom. The number of hydrogen-bond donors (Lipinski definition) is 0. The molecule has 1 aliphatic rings. The first-order valence-corrected chi connectivity index (χ1v) is 7.28. The highest BCUT2D eigenvalue weighted by atomic mass is 16.5. The first-order valence-electron chi connectivity index (χ1n) is 7.28. The van der Waals surface area contributed by atoms with Crippen LogP contribution >= 0.6 is 0 Å². The molecule has 0 saturated heterocycles. The van der Waals surface area contributed by atoms with Gasteiger partial charge in [0.2, 0.25) is 0 Å². The number of fused-ring (bicyclic) bond motifs is 1. The Balaban J connectivity index is 1.64. The van der Waals surface area contributed by atoms with Crippen molar-refractivity contribution in [3.05, 3.63) is 76.9 Å². The van der Waals surface area contributed by atoms with E-state index >= 15 is 0 Å². The first kappa shape index (κ1) is 15.2. The summed E-state index contributed by atoms with van der Waals surface area (Å²) in [6.45, 7) is 0.482. The Morgan fingerprint density at radius 2 is 1.57 bits per heavy atom. The van der Waals surface area contributed by atoms with E-state index in [1.54, 1.807) is 31.4 Å². The highest BCUT2D eigenvalue weighted by molar-refractivity contribution is 6.24.